The van der Waals surface area contributed by atoms with Gasteiger partial charge in [-0.15, -0.1) is 0 Å². The maximum absolute atomic E-state index is 5.74. The van der Waals surface area contributed by atoms with Gasteiger partial charge in [0, 0.05) is 18.6 Å². The van der Waals surface area contributed by atoms with E-state index in [9.17, 15) is 0 Å². The fourth-order valence-electron chi connectivity index (χ4n) is 2.17. The lowest BCUT2D eigenvalue weighted by Gasteiger charge is -2.04. The van der Waals surface area contributed by atoms with E-state index in [1.54, 1.807) is 0 Å². The second-order valence-electron chi connectivity index (χ2n) is 5.30. The summed E-state index contributed by atoms with van der Waals surface area (Å²) in [6, 6.07) is 10.2. The molecule has 19 heavy (non-hydrogen) atoms. The average molecular weight is 259 g/mol. The second-order valence-corrected chi connectivity index (χ2v) is 5.30. The first-order valence-corrected chi connectivity index (χ1v) is 7.18. The molecule has 1 N–H and O–H groups in total. The van der Waals surface area contributed by atoms with Crippen molar-refractivity contribution in [2.24, 2.45) is 5.92 Å². The van der Waals surface area contributed by atoms with Gasteiger partial charge in [0.1, 0.15) is 11.3 Å². The van der Waals surface area contributed by atoms with Crippen molar-refractivity contribution in [3.63, 3.8) is 0 Å². The summed E-state index contributed by atoms with van der Waals surface area (Å²) in [6.45, 7) is 3.59. The van der Waals surface area contributed by atoms with Gasteiger partial charge >= 0.3 is 0 Å². The van der Waals surface area contributed by atoms with E-state index < -0.39 is 0 Å². The Kier molecular flexibility index (Phi) is 4.16. The predicted octanol–water partition coefficient (Wildman–Crippen LogP) is 3.34. The van der Waals surface area contributed by atoms with E-state index in [4.69, 9.17) is 9.15 Å². The summed E-state index contributed by atoms with van der Waals surface area (Å²) in [7, 11) is 0. The maximum Gasteiger partial charge on any atom is 0.134 e. The highest BCUT2D eigenvalue weighted by Crippen LogP contribution is 2.28. The summed E-state index contributed by atoms with van der Waals surface area (Å²) in [5, 5.41) is 4.57. The second kappa shape index (κ2) is 6.22. The van der Waals surface area contributed by atoms with E-state index in [0.29, 0.717) is 0 Å². The van der Waals surface area contributed by atoms with Gasteiger partial charge in [-0.3, -0.25) is 0 Å². The summed E-state index contributed by atoms with van der Waals surface area (Å²) < 4.78 is 11.3. The standard InChI is InChI=1S/C16H21NO2/c1-2-5-16-14(4-1)10-15(19-16)11-17-8-3-9-18-12-13-6-7-13/h1-2,4-5,10,13,17H,3,6-9,11-12H2. The van der Waals surface area contributed by atoms with Crippen molar-refractivity contribution in [3.05, 3.63) is 36.1 Å². The van der Waals surface area contributed by atoms with Crippen LogP contribution >= 0.6 is 0 Å². The lowest BCUT2D eigenvalue weighted by Crippen LogP contribution is -2.16. The molecule has 1 saturated carbocycles. The van der Waals surface area contributed by atoms with Crippen LogP contribution in [-0.4, -0.2) is 19.8 Å². The summed E-state index contributed by atoms with van der Waals surface area (Å²) in [6.07, 6.45) is 3.79. The number of nitrogens with one attached hydrogen (secondary N) is 1. The molecule has 1 aromatic heterocycles. The fraction of sp³-hybridized carbons (Fsp3) is 0.500. The van der Waals surface area contributed by atoms with Crippen molar-refractivity contribution in [1.82, 2.24) is 5.32 Å². The number of hydrogen-bond donors (Lipinski definition) is 1. The predicted molar refractivity (Wildman–Crippen MR) is 76.1 cm³/mol. The van der Waals surface area contributed by atoms with E-state index in [-0.39, 0.29) is 0 Å². The number of benzene rings is 1. The Hall–Kier alpha value is -1.32. The van der Waals surface area contributed by atoms with Crippen LogP contribution < -0.4 is 5.32 Å². The summed E-state index contributed by atoms with van der Waals surface area (Å²) in [5.41, 5.74) is 0.965. The number of para-hydroxylation sites is 1. The van der Waals surface area contributed by atoms with Crippen LogP contribution in [0, 0.1) is 5.92 Å². The molecule has 0 aliphatic heterocycles. The van der Waals surface area contributed by atoms with Gasteiger partial charge in [0.2, 0.25) is 0 Å². The first-order chi connectivity index (χ1) is 9.42. The largest absolute Gasteiger partial charge is 0.460 e. The number of fused-ring (bicyclic) bond motifs is 1. The summed E-state index contributed by atoms with van der Waals surface area (Å²) in [4.78, 5) is 0. The Morgan fingerprint density at radius 2 is 2.16 bits per heavy atom. The molecule has 2 aromatic rings. The Balaban J connectivity index is 1.32. The molecule has 0 amide bonds. The summed E-state index contributed by atoms with van der Waals surface area (Å²) >= 11 is 0. The lowest BCUT2D eigenvalue weighted by atomic mass is 10.2. The van der Waals surface area contributed by atoms with Gasteiger partial charge in [-0.1, -0.05) is 18.2 Å². The normalized spacial score (nSPS) is 15.2. The Morgan fingerprint density at radius 3 is 3.00 bits per heavy atom. The van der Waals surface area contributed by atoms with Gasteiger partial charge in [-0.25, -0.2) is 0 Å². The number of furan rings is 1. The third-order valence-corrected chi connectivity index (χ3v) is 3.47. The minimum atomic E-state index is 0.789. The molecule has 0 saturated heterocycles. The zero-order valence-corrected chi connectivity index (χ0v) is 11.2. The van der Waals surface area contributed by atoms with Crippen molar-refractivity contribution < 1.29 is 9.15 Å². The zero-order chi connectivity index (χ0) is 12.9. The van der Waals surface area contributed by atoms with E-state index in [1.165, 1.54) is 18.2 Å². The molecule has 3 nitrogen and oxygen atoms in total. The zero-order valence-electron chi connectivity index (χ0n) is 11.2. The van der Waals surface area contributed by atoms with Gasteiger partial charge in [0.15, 0.2) is 0 Å². The average Bonchev–Trinajstić information content (AvgIpc) is 3.15. The monoisotopic (exact) mass is 259 g/mol. The molecule has 1 aliphatic carbocycles. The van der Waals surface area contributed by atoms with Crippen molar-refractivity contribution >= 4 is 11.0 Å². The Morgan fingerprint density at radius 1 is 1.26 bits per heavy atom. The van der Waals surface area contributed by atoms with Crippen LogP contribution in [0.15, 0.2) is 34.7 Å². The van der Waals surface area contributed by atoms with Crippen LogP contribution in [0.4, 0.5) is 0 Å². The van der Waals surface area contributed by atoms with E-state index in [2.05, 4.69) is 17.4 Å². The molecule has 3 rings (SSSR count). The van der Waals surface area contributed by atoms with Crippen LogP contribution in [-0.2, 0) is 11.3 Å². The smallest absolute Gasteiger partial charge is 0.134 e. The molecule has 102 valence electrons. The molecular weight excluding hydrogens is 238 g/mol. The van der Waals surface area contributed by atoms with E-state index >= 15 is 0 Å². The molecular formula is C16H21NO2. The number of ether oxygens (including phenoxy) is 1. The highest BCUT2D eigenvalue weighted by Gasteiger charge is 2.20. The minimum absolute atomic E-state index is 0.789. The van der Waals surface area contributed by atoms with Gasteiger partial charge in [-0.2, -0.15) is 0 Å². The molecule has 0 atom stereocenters. The van der Waals surface area contributed by atoms with Gasteiger partial charge in [-0.05, 0) is 43.9 Å². The van der Waals surface area contributed by atoms with E-state index in [0.717, 1.165) is 50.0 Å². The van der Waals surface area contributed by atoms with Crippen molar-refractivity contribution in [2.45, 2.75) is 25.8 Å². The summed E-state index contributed by atoms with van der Waals surface area (Å²) in [5.74, 6) is 1.86. The molecule has 0 bridgehead atoms. The molecule has 0 unspecified atom stereocenters. The van der Waals surface area contributed by atoms with Gasteiger partial charge in [0.05, 0.1) is 6.54 Å². The molecule has 1 aromatic carbocycles. The first-order valence-electron chi connectivity index (χ1n) is 7.18. The highest BCUT2D eigenvalue weighted by atomic mass is 16.5. The Labute approximate surface area is 113 Å². The van der Waals surface area contributed by atoms with Crippen LogP contribution in [0.25, 0.3) is 11.0 Å². The molecule has 0 spiro atoms. The quantitative estimate of drug-likeness (QED) is 0.738. The van der Waals surface area contributed by atoms with Crippen LogP contribution in [0.5, 0.6) is 0 Å². The minimum Gasteiger partial charge on any atom is -0.460 e. The van der Waals surface area contributed by atoms with Gasteiger partial charge in [0.25, 0.3) is 0 Å². The van der Waals surface area contributed by atoms with Gasteiger partial charge < -0.3 is 14.5 Å². The van der Waals surface area contributed by atoms with Crippen LogP contribution in [0.2, 0.25) is 0 Å². The highest BCUT2D eigenvalue weighted by molar-refractivity contribution is 5.77. The molecule has 1 fully saturated rings. The lowest BCUT2D eigenvalue weighted by molar-refractivity contribution is 0.122. The maximum atomic E-state index is 5.74. The van der Waals surface area contributed by atoms with Crippen LogP contribution in [0.1, 0.15) is 25.0 Å². The fourth-order valence-corrected chi connectivity index (χ4v) is 2.17. The topological polar surface area (TPSA) is 34.4 Å². The third kappa shape index (κ3) is 3.82. The molecule has 3 heteroatoms. The van der Waals surface area contributed by atoms with Crippen molar-refractivity contribution in [3.8, 4) is 0 Å². The SMILES string of the molecule is c1ccc2oc(CNCCCOCC3CC3)cc2c1. The number of hydrogen-bond acceptors (Lipinski definition) is 3. The van der Waals surface area contributed by atoms with Crippen molar-refractivity contribution in [1.29, 1.82) is 0 Å². The first kappa shape index (κ1) is 12.7. The van der Waals surface area contributed by atoms with Crippen molar-refractivity contribution in [2.75, 3.05) is 19.8 Å². The molecule has 1 heterocycles. The Bertz CT molecular complexity index is 483. The third-order valence-electron chi connectivity index (χ3n) is 3.47. The van der Waals surface area contributed by atoms with Crippen LogP contribution in [0.3, 0.4) is 0 Å². The molecule has 1 aliphatic rings. The number of rotatable bonds is 8. The molecule has 0 radical (unpaired) electrons. The van der Waals surface area contributed by atoms with E-state index in [1.807, 2.05) is 18.2 Å².